The van der Waals surface area contributed by atoms with Crippen LogP contribution < -0.4 is 0 Å². The van der Waals surface area contributed by atoms with Crippen LogP contribution in [-0.2, 0) is 4.74 Å². The van der Waals surface area contributed by atoms with Crippen LogP contribution in [0.3, 0.4) is 0 Å². The van der Waals surface area contributed by atoms with Crippen molar-refractivity contribution in [1.29, 1.82) is 0 Å². The quantitative estimate of drug-likeness (QED) is 0.461. The Morgan fingerprint density at radius 3 is 2.76 bits per heavy atom. The SMILES string of the molecule is CCOC(=O)c1c([N+](=O)[O-])ccnc1C(F)F. The Morgan fingerprint density at radius 2 is 2.29 bits per heavy atom. The third kappa shape index (κ3) is 2.71. The highest BCUT2D eigenvalue weighted by atomic mass is 19.3. The first-order valence-electron chi connectivity index (χ1n) is 4.57. The van der Waals surface area contributed by atoms with Crippen LogP contribution in [0.5, 0.6) is 0 Å². The molecule has 0 spiro atoms. The molecule has 1 heterocycles. The molecule has 0 saturated carbocycles. The summed E-state index contributed by atoms with van der Waals surface area (Å²) in [6, 6.07) is 0.873. The predicted molar refractivity (Wildman–Crippen MR) is 51.8 cm³/mol. The van der Waals surface area contributed by atoms with Crippen molar-refractivity contribution in [2.75, 3.05) is 6.61 Å². The molecule has 1 aromatic heterocycles. The van der Waals surface area contributed by atoms with E-state index in [1.165, 1.54) is 6.92 Å². The predicted octanol–water partition coefficient (Wildman–Crippen LogP) is 2.10. The molecule has 0 atom stereocenters. The van der Waals surface area contributed by atoms with Gasteiger partial charge in [0.15, 0.2) is 5.56 Å². The fraction of sp³-hybridized carbons (Fsp3) is 0.333. The largest absolute Gasteiger partial charge is 0.462 e. The van der Waals surface area contributed by atoms with Crippen LogP contribution in [0.2, 0.25) is 0 Å². The van der Waals surface area contributed by atoms with Crippen molar-refractivity contribution in [3.8, 4) is 0 Å². The number of alkyl halides is 2. The molecule has 92 valence electrons. The molecule has 0 aliphatic rings. The van der Waals surface area contributed by atoms with Gasteiger partial charge in [-0.2, -0.15) is 0 Å². The zero-order chi connectivity index (χ0) is 13.0. The van der Waals surface area contributed by atoms with E-state index in [0.29, 0.717) is 0 Å². The van der Waals surface area contributed by atoms with Gasteiger partial charge in [0.2, 0.25) is 0 Å². The van der Waals surface area contributed by atoms with E-state index in [1.807, 2.05) is 0 Å². The van der Waals surface area contributed by atoms with Gasteiger partial charge in [0.05, 0.1) is 11.5 Å². The lowest BCUT2D eigenvalue weighted by Gasteiger charge is -2.07. The second-order valence-corrected chi connectivity index (χ2v) is 2.87. The maximum Gasteiger partial charge on any atom is 0.347 e. The molecular formula is C9H8F2N2O4. The number of nitrogens with zero attached hydrogens (tertiary/aromatic N) is 2. The number of carbonyl (C=O) groups excluding carboxylic acids is 1. The van der Waals surface area contributed by atoms with E-state index in [2.05, 4.69) is 9.72 Å². The van der Waals surface area contributed by atoms with Crippen LogP contribution in [0.15, 0.2) is 12.3 Å². The van der Waals surface area contributed by atoms with Gasteiger partial charge in [-0.15, -0.1) is 0 Å². The molecule has 0 fully saturated rings. The highest BCUT2D eigenvalue weighted by Gasteiger charge is 2.30. The number of ether oxygens (including phenoxy) is 1. The first kappa shape index (κ1) is 12.9. The Labute approximate surface area is 94.4 Å². The second-order valence-electron chi connectivity index (χ2n) is 2.87. The zero-order valence-corrected chi connectivity index (χ0v) is 8.72. The van der Waals surface area contributed by atoms with Gasteiger partial charge in [0.25, 0.3) is 12.1 Å². The molecule has 17 heavy (non-hydrogen) atoms. The molecule has 0 aliphatic heterocycles. The van der Waals surface area contributed by atoms with E-state index in [0.717, 1.165) is 12.3 Å². The van der Waals surface area contributed by atoms with Gasteiger partial charge in [-0.25, -0.2) is 13.6 Å². The summed E-state index contributed by atoms with van der Waals surface area (Å²) < 4.78 is 29.7. The lowest BCUT2D eigenvalue weighted by molar-refractivity contribution is -0.385. The summed E-state index contributed by atoms with van der Waals surface area (Å²) in [4.78, 5) is 24.4. The van der Waals surface area contributed by atoms with Gasteiger partial charge in [0.1, 0.15) is 5.69 Å². The van der Waals surface area contributed by atoms with Crippen LogP contribution in [0, 0.1) is 10.1 Å². The van der Waals surface area contributed by atoms with Crippen molar-refractivity contribution in [3.05, 3.63) is 33.6 Å². The lowest BCUT2D eigenvalue weighted by atomic mass is 10.1. The van der Waals surface area contributed by atoms with E-state index in [9.17, 15) is 23.7 Å². The average Bonchev–Trinajstić information content (AvgIpc) is 2.28. The third-order valence-electron chi connectivity index (χ3n) is 1.84. The van der Waals surface area contributed by atoms with Crippen LogP contribution in [0.25, 0.3) is 0 Å². The second kappa shape index (κ2) is 5.28. The molecule has 6 nitrogen and oxygen atoms in total. The molecule has 0 amide bonds. The Balaban J connectivity index is 3.38. The lowest BCUT2D eigenvalue weighted by Crippen LogP contribution is -2.13. The number of hydrogen-bond acceptors (Lipinski definition) is 5. The summed E-state index contributed by atoms with van der Waals surface area (Å²) in [6.45, 7) is 1.38. The number of rotatable bonds is 4. The first-order chi connectivity index (χ1) is 7.99. The van der Waals surface area contributed by atoms with Gasteiger partial charge >= 0.3 is 5.97 Å². The summed E-state index contributed by atoms with van der Waals surface area (Å²) in [6.07, 6.45) is -2.24. The summed E-state index contributed by atoms with van der Waals surface area (Å²) in [5.41, 5.74) is -2.49. The number of nitro groups is 1. The van der Waals surface area contributed by atoms with Gasteiger partial charge in [-0.3, -0.25) is 15.1 Å². The van der Waals surface area contributed by atoms with Crippen LogP contribution >= 0.6 is 0 Å². The fourth-order valence-electron chi connectivity index (χ4n) is 1.20. The molecule has 0 aromatic carbocycles. The third-order valence-corrected chi connectivity index (χ3v) is 1.84. The maximum atomic E-state index is 12.6. The van der Waals surface area contributed by atoms with E-state index in [1.54, 1.807) is 0 Å². The Kier molecular flexibility index (Phi) is 4.02. The van der Waals surface area contributed by atoms with Gasteiger partial charge in [0, 0.05) is 12.3 Å². The van der Waals surface area contributed by atoms with Crippen molar-refractivity contribution in [2.24, 2.45) is 0 Å². The number of pyridine rings is 1. The molecule has 8 heteroatoms. The molecule has 0 N–H and O–H groups in total. The van der Waals surface area contributed by atoms with Gasteiger partial charge in [-0.05, 0) is 6.92 Å². The molecule has 0 aliphatic carbocycles. The van der Waals surface area contributed by atoms with Crippen molar-refractivity contribution >= 4 is 11.7 Å². The molecule has 1 aromatic rings. The van der Waals surface area contributed by atoms with Gasteiger partial charge in [-0.1, -0.05) is 0 Å². The van der Waals surface area contributed by atoms with Crippen molar-refractivity contribution in [2.45, 2.75) is 13.3 Å². The first-order valence-corrected chi connectivity index (χ1v) is 4.57. The summed E-state index contributed by atoms with van der Waals surface area (Å²) in [5.74, 6) is -1.18. The number of halogens is 2. The molecule has 0 radical (unpaired) electrons. The number of hydrogen-bond donors (Lipinski definition) is 0. The van der Waals surface area contributed by atoms with Gasteiger partial charge < -0.3 is 4.74 Å². The molecule has 0 bridgehead atoms. The van der Waals surface area contributed by atoms with E-state index in [4.69, 9.17) is 0 Å². The number of esters is 1. The van der Waals surface area contributed by atoms with Crippen LogP contribution in [-0.4, -0.2) is 22.5 Å². The zero-order valence-electron chi connectivity index (χ0n) is 8.72. The topological polar surface area (TPSA) is 82.3 Å². The summed E-state index contributed by atoms with van der Waals surface area (Å²) >= 11 is 0. The minimum atomic E-state index is -3.09. The minimum Gasteiger partial charge on any atom is -0.462 e. The average molecular weight is 246 g/mol. The smallest absolute Gasteiger partial charge is 0.347 e. The van der Waals surface area contributed by atoms with Crippen molar-refractivity contribution in [1.82, 2.24) is 4.98 Å². The van der Waals surface area contributed by atoms with E-state index in [-0.39, 0.29) is 6.61 Å². The van der Waals surface area contributed by atoms with E-state index >= 15 is 0 Å². The molecular weight excluding hydrogens is 238 g/mol. The van der Waals surface area contributed by atoms with Crippen LogP contribution in [0.4, 0.5) is 14.5 Å². The number of aromatic nitrogens is 1. The highest BCUT2D eigenvalue weighted by molar-refractivity contribution is 5.95. The standard InChI is InChI=1S/C9H8F2N2O4/c1-2-17-9(14)6-5(13(15)16)3-4-12-7(6)8(10)11/h3-4,8H,2H2,1H3. The minimum absolute atomic E-state index is 0.0758. The summed E-state index contributed by atoms with van der Waals surface area (Å²) in [7, 11) is 0. The fourth-order valence-corrected chi connectivity index (χ4v) is 1.20. The van der Waals surface area contributed by atoms with E-state index < -0.39 is 34.3 Å². The van der Waals surface area contributed by atoms with Crippen molar-refractivity contribution in [3.63, 3.8) is 0 Å². The molecule has 0 unspecified atom stereocenters. The number of carbonyl (C=O) groups is 1. The molecule has 0 saturated heterocycles. The normalized spacial score (nSPS) is 10.4. The summed E-state index contributed by atoms with van der Waals surface area (Å²) in [5, 5.41) is 10.6. The highest BCUT2D eigenvalue weighted by Crippen LogP contribution is 2.28. The van der Waals surface area contributed by atoms with Crippen LogP contribution in [0.1, 0.15) is 29.4 Å². The monoisotopic (exact) mass is 246 g/mol. The Bertz CT molecular complexity index is 451. The Hall–Kier alpha value is -2.12. The molecule has 1 rings (SSSR count). The van der Waals surface area contributed by atoms with Crippen molar-refractivity contribution < 1.29 is 23.2 Å². The maximum absolute atomic E-state index is 12.6. The Morgan fingerprint density at radius 1 is 1.65 bits per heavy atom.